The van der Waals surface area contributed by atoms with Crippen LogP contribution < -0.4 is 0 Å². The third-order valence-corrected chi connectivity index (χ3v) is 6.65. The number of amides is 1. The molecule has 2 aliphatic rings. The predicted octanol–water partition coefficient (Wildman–Crippen LogP) is 2.31. The summed E-state index contributed by atoms with van der Waals surface area (Å²) in [4.78, 5) is 16.5. The van der Waals surface area contributed by atoms with E-state index in [9.17, 15) is 22.0 Å². The van der Waals surface area contributed by atoms with E-state index in [-0.39, 0.29) is 12.3 Å². The number of carbonyl (C=O) groups is 1. The zero-order chi connectivity index (χ0) is 18.7. The first-order valence-electron chi connectivity index (χ1n) is 9.01. The summed E-state index contributed by atoms with van der Waals surface area (Å²) in [7, 11) is -4.59. The highest BCUT2D eigenvalue weighted by atomic mass is 32.2. The third kappa shape index (κ3) is 4.23. The fourth-order valence-corrected chi connectivity index (χ4v) is 4.49. The second-order valence-corrected chi connectivity index (χ2v) is 8.92. The number of alkyl halides is 2. The van der Waals surface area contributed by atoms with Crippen molar-refractivity contribution in [3.8, 4) is 0 Å². The minimum absolute atomic E-state index is 0.00152. The van der Waals surface area contributed by atoms with Crippen LogP contribution in [0.3, 0.4) is 0 Å². The van der Waals surface area contributed by atoms with Gasteiger partial charge in [0.05, 0.1) is 11.3 Å². The smallest absolute Gasteiger partial charge is 0.341 e. The van der Waals surface area contributed by atoms with Gasteiger partial charge >= 0.3 is 5.76 Å². The lowest BCUT2D eigenvalue weighted by Gasteiger charge is -2.37. The van der Waals surface area contributed by atoms with E-state index >= 15 is 0 Å². The standard InChI is InChI=1S/C18H24F2N2O3S/c19-18(20)26(24,25)16-7-5-14(6-8-16)12-17(23)22-11-3-4-15(13-22)21-9-1-2-10-21/h5-8,15,18H,1-4,9-13H2. The largest absolute Gasteiger partial charge is 0.341 e. The van der Waals surface area contributed by atoms with Gasteiger partial charge in [-0.2, -0.15) is 8.78 Å². The van der Waals surface area contributed by atoms with Gasteiger partial charge in [-0.15, -0.1) is 0 Å². The lowest BCUT2D eigenvalue weighted by atomic mass is 10.0. The Morgan fingerprint density at radius 1 is 1.08 bits per heavy atom. The highest BCUT2D eigenvalue weighted by Gasteiger charge is 2.29. The number of hydrogen-bond donors (Lipinski definition) is 0. The molecule has 1 unspecified atom stereocenters. The lowest BCUT2D eigenvalue weighted by molar-refractivity contribution is -0.132. The second kappa shape index (κ2) is 8.00. The summed E-state index contributed by atoms with van der Waals surface area (Å²) in [5.74, 6) is -3.44. The fourth-order valence-electron chi connectivity index (χ4n) is 3.77. The van der Waals surface area contributed by atoms with Gasteiger partial charge < -0.3 is 4.90 Å². The van der Waals surface area contributed by atoms with E-state index in [1.807, 2.05) is 4.90 Å². The molecule has 1 aromatic rings. The van der Waals surface area contributed by atoms with Crippen molar-refractivity contribution in [2.75, 3.05) is 26.2 Å². The average molecular weight is 386 g/mol. The molecule has 5 nitrogen and oxygen atoms in total. The van der Waals surface area contributed by atoms with Gasteiger partial charge in [0.1, 0.15) is 0 Å². The second-order valence-electron chi connectivity index (χ2n) is 7.01. The Balaban J connectivity index is 1.60. The maximum Gasteiger partial charge on any atom is 0.341 e. The van der Waals surface area contributed by atoms with Crippen molar-refractivity contribution in [2.24, 2.45) is 0 Å². The van der Waals surface area contributed by atoms with E-state index in [4.69, 9.17) is 0 Å². The number of sulfone groups is 1. The van der Waals surface area contributed by atoms with Crippen molar-refractivity contribution in [1.29, 1.82) is 0 Å². The van der Waals surface area contributed by atoms with Gasteiger partial charge in [-0.3, -0.25) is 9.69 Å². The molecule has 2 fully saturated rings. The number of piperidine rings is 1. The highest BCUT2D eigenvalue weighted by molar-refractivity contribution is 7.91. The minimum atomic E-state index is -4.59. The summed E-state index contributed by atoms with van der Waals surface area (Å²) < 4.78 is 48.0. The first-order chi connectivity index (χ1) is 12.4. The van der Waals surface area contributed by atoms with Gasteiger partial charge in [0.25, 0.3) is 0 Å². The Kier molecular flexibility index (Phi) is 5.92. The van der Waals surface area contributed by atoms with Crippen molar-refractivity contribution in [3.05, 3.63) is 29.8 Å². The van der Waals surface area contributed by atoms with Crippen molar-refractivity contribution in [1.82, 2.24) is 9.80 Å². The predicted molar refractivity (Wildman–Crippen MR) is 93.7 cm³/mol. The Hall–Kier alpha value is -1.54. The number of likely N-dealkylation sites (tertiary alicyclic amines) is 2. The SMILES string of the molecule is O=C(Cc1ccc(S(=O)(=O)C(F)F)cc1)N1CCCC(N2CCCC2)C1. The summed E-state index contributed by atoms with van der Waals surface area (Å²) in [6.07, 6.45) is 4.70. The summed E-state index contributed by atoms with van der Waals surface area (Å²) in [5, 5.41) is 0. The molecule has 2 heterocycles. The zero-order valence-corrected chi connectivity index (χ0v) is 15.4. The molecule has 0 spiro atoms. The molecule has 3 rings (SSSR count). The molecular formula is C18H24F2N2O3S. The molecule has 2 saturated heterocycles. The van der Waals surface area contributed by atoms with E-state index < -0.39 is 20.5 Å². The molecule has 2 aliphatic heterocycles. The zero-order valence-electron chi connectivity index (χ0n) is 14.6. The fraction of sp³-hybridized carbons (Fsp3) is 0.611. The summed E-state index contributed by atoms with van der Waals surface area (Å²) in [6.45, 7) is 3.68. The average Bonchev–Trinajstić information content (AvgIpc) is 3.17. The van der Waals surface area contributed by atoms with E-state index in [0.29, 0.717) is 11.6 Å². The number of halogens is 2. The maximum absolute atomic E-state index is 12.6. The molecule has 0 radical (unpaired) electrons. The van der Waals surface area contributed by atoms with Crippen molar-refractivity contribution in [2.45, 2.75) is 48.8 Å². The molecule has 26 heavy (non-hydrogen) atoms. The molecule has 144 valence electrons. The van der Waals surface area contributed by atoms with E-state index in [1.165, 1.54) is 25.0 Å². The number of rotatable bonds is 5. The monoisotopic (exact) mass is 386 g/mol. The van der Waals surface area contributed by atoms with Crippen LogP contribution in [-0.2, 0) is 21.1 Å². The van der Waals surface area contributed by atoms with Gasteiger partial charge in [-0.1, -0.05) is 12.1 Å². The quantitative estimate of drug-likeness (QED) is 0.779. The van der Waals surface area contributed by atoms with Crippen LogP contribution in [0, 0.1) is 0 Å². The van der Waals surface area contributed by atoms with E-state index in [0.717, 1.165) is 51.2 Å². The van der Waals surface area contributed by atoms with Crippen molar-refractivity contribution in [3.63, 3.8) is 0 Å². The highest BCUT2D eigenvalue weighted by Crippen LogP contribution is 2.22. The third-order valence-electron chi connectivity index (χ3n) is 5.25. The molecular weight excluding hydrogens is 362 g/mol. The van der Waals surface area contributed by atoms with Crippen LogP contribution in [0.5, 0.6) is 0 Å². The van der Waals surface area contributed by atoms with Crippen LogP contribution in [0.2, 0.25) is 0 Å². The Morgan fingerprint density at radius 2 is 1.73 bits per heavy atom. The van der Waals surface area contributed by atoms with E-state index in [2.05, 4.69) is 4.90 Å². The Bertz CT molecular complexity index is 731. The number of benzene rings is 1. The van der Waals surface area contributed by atoms with E-state index in [1.54, 1.807) is 0 Å². The number of nitrogens with zero attached hydrogens (tertiary/aromatic N) is 2. The minimum Gasteiger partial charge on any atom is -0.341 e. The van der Waals surface area contributed by atoms with Crippen LogP contribution >= 0.6 is 0 Å². The normalized spacial score (nSPS) is 22.1. The number of carbonyl (C=O) groups excluding carboxylic acids is 1. The maximum atomic E-state index is 12.6. The van der Waals surface area contributed by atoms with Crippen LogP contribution in [0.4, 0.5) is 8.78 Å². The van der Waals surface area contributed by atoms with Crippen LogP contribution in [0.25, 0.3) is 0 Å². The van der Waals surface area contributed by atoms with Gasteiger partial charge in [-0.05, 0) is 56.5 Å². The first kappa shape index (κ1) is 19.2. The Labute approximate surface area is 152 Å². The van der Waals surface area contributed by atoms with Gasteiger partial charge in [0.2, 0.25) is 15.7 Å². The molecule has 0 aliphatic carbocycles. The summed E-state index contributed by atoms with van der Waals surface area (Å²) >= 11 is 0. The molecule has 0 N–H and O–H groups in total. The molecule has 1 atom stereocenters. The van der Waals surface area contributed by atoms with Gasteiger partial charge in [0, 0.05) is 19.1 Å². The van der Waals surface area contributed by atoms with Gasteiger partial charge in [0.15, 0.2) is 0 Å². The molecule has 1 amide bonds. The first-order valence-corrected chi connectivity index (χ1v) is 10.6. The van der Waals surface area contributed by atoms with Crippen LogP contribution in [0.15, 0.2) is 29.2 Å². The summed E-state index contributed by atoms with van der Waals surface area (Å²) in [5.41, 5.74) is 0.631. The van der Waals surface area contributed by atoms with Crippen molar-refractivity contribution < 1.29 is 22.0 Å². The molecule has 8 heteroatoms. The summed E-state index contributed by atoms with van der Waals surface area (Å²) in [6, 6.07) is 5.60. The van der Waals surface area contributed by atoms with Crippen LogP contribution in [0.1, 0.15) is 31.2 Å². The lowest BCUT2D eigenvalue weighted by Crippen LogP contribution is -2.49. The van der Waals surface area contributed by atoms with Crippen LogP contribution in [-0.4, -0.2) is 62.1 Å². The molecule has 1 aromatic carbocycles. The van der Waals surface area contributed by atoms with Crippen molar-refractivity contribution >= 4 is 15.7 Å². The molecule has 0 saturated carbocycles. The Morgan fingerprint density at radius 3 is 2.35 bits per heavy atom. The number of hydrogen-bond acceptors (Lipinski definition) is 4. The topological polar surface area (TPSA) is 57.7 Å². The molecule has 0 aromatic heterocycles. The molecule has 0 bridgehead atoms. The van der Waals surface area contributed by atoms with Gasteiger partial charge in [-0.25, -0.2) is 8.42 Å².